The number of carbonyl (C=O) groups excluding carboxylic acids is 2. The Balaban J connectivity index is 1.52. The summed E-state index contributed by atoms with van der Waals surface area (Å²) < 4.78 is 4.91. The molecule has 1 N–H and O–H groups in total. The smallest absolute Gasteiger partial charge is 0.339 e. The van der Waals surface area contributed by atoms with Crippen LogP contribution in [0.4, 0.5) is 11.6 Å². The first kappa shape index (κ1) is 27.5. The summed E-state index contributed by atoms with van der Waals surface area (Å²) in [4.78, 5) is 45.1. The van der Waals surface area contributed by atoms with Gasteiger partial charge in [0.05, 0.1) is 42.3 Å². The molecule has 3 aromatic rings. The first-order chi connectivity index (χ1) is 18.0. The number of nitrogens with zero attached hydrogens (tertiary/aromatic N) is 5. The summed E-state index contributed by atoms with van der Waals surface area (Å²) >= 11 is 1.69. The van der Waals surface area contributed by atoms with Gasteiger partial charge in [0.1, 0.15) is 17.3 Å². The molecule has 4 rings (SSSR count). The average molecular weight is 537 g/mol. The Morgan fingerprint density at radius 2 is 1.97 bits per heavy atom. The van der Waals surface area contributed by atoms with Crippen LogP contribution in [0.1, 0.15) is 76.3 Å². The molecule has 9 nitrogen and oxygen atoms in total. The van der Waals surface area contributed by atoms with Crippen molar-refractivity contribution in [2.75, 3.05) is 37.0 Å². The predicted molar refractivity (Wildman–Crippen MR) is 150 cm³/mol. The molecular weight excluding hydrogens is 500 g/mol. The fourth-order valence-electron chi connectivity index (χ4n) is 4.88. The molecule has 38 heavy (non-hydrogen) atoms. The molecule has 1 aliphatic rings. The highest BCUT2D eigenvalue weighted by Crippen LogP contribution is 2.29. The van der Waals surface area contributed by atoms with Gasteiger partial charge < -0.3 is 19.9 Å². The third kappa shape index (κ3) is 5.65. The number of amides is 1. The lowest BCUT2D eigenvalue weighted by atomic mass is 9.97. The molecule has 1 aliphatic heterocycles. The van der Waals surface area contributed by atoms with Crippen LogP contribution in [0.3, 0.4) is 0 Å². The molecule has 0 atom stereocenters. The molecule has 0 saturated carbocycles. The highest BCUT2D eigenvalue weighted by Gasteiger charge is 2.38. The number of methoxy groups -OCH3 is 1. The summed E-state index contributed by atoms with van der Waals surface area (Å²) in [6.07, 6.45) is 1.58. The molecule has 10 heteroatoms. The molecule has 4 heterocycles. The first-order valence-corrected chi connectivity index (χ1v) is 13.7. The lowest BCUT2D eigenvalue weighted by Crippen LogP contribution is -2.61. The summed E-state index contributed by atoms with van der Waals surface area (Å²) in [5.74, 6) is 1.09. The van der Waals surface area contributed by atoms with Crippen LogP contribution in [-0.2, 0) is 11.3 Å². The number of anilines is 2. The van der Waals surface area contributed by atoms with Gasteiger partial charge in [0, 0.05) is 24.5 Å². The third-order valence-corrected chi connectivity index (χ3v) is 7.70. The number of aromatic nitrogens is 3. The standard InChI is InChI=1S/C28H36N6O3S/c1-17(2)24-25(29-14-20-9-8-12-38-20)30-15-21(32-24)26(35)34-11-10-33(16-28(34,5)6)22-13-18(3)23(19(4)31-22)27(36)37-7/h8-9,12-13,15,17H,10-11,14,16H2,1-7H3,(H,29,30). The Labute approximate surface area is 228 Å². The van der Waals surface area contributed by atoms with Crippen molar-refractivity contribution in [1.29, 1.82) is 0 Å². The van der Waals surface area contributed by atoms with Crippen LogP contribution >= 0.6 is 11.3 Å². The van der Waals surface area contributed by atoms with Gasteiger partial charge in [-0.3, -0.25) is 4.79 Å². The largest absolute Gasteiger partial charge is 0.465 e. The van der Waals surface area contributed by atoms with Gasteiger partial charge in [0.2, 0.25) is 0 Å². The minimum atomic E-state index is -0.477. The summed E-state index contributed by atoms with van der Waals surface area (Å²) in [7, 11) is 1.37. The van der Waals surface area contributed by atoms with E-state index in [2.05, 4.69) is 40.1 Å². The van der Waals surface area contributed by atoms with E-state index in [1.165, 1.54) is 12.0 Å². The average Bonchev–Trinajstić information content (AvgIpc) is 3.39. The van der Waals surface area contributed by atoms with Crippen LogP contribution in [-0.4, -0.2) is 64.0 Å². The summed E-state index contributed by atoms with van der Waals surface area (Å²) in [6, 6.07) is 6.01. The summed E-state index contributed by atoms with van der Waals surface area (Å²) in [6.45, 7) is 14.3. The van der Waals surface area contributed by atoms with Gasteiger partial charge in [0.25, 0.3) is 5.91 Å². The number of aryl methyl sites for hydroxylation is 2. The highest BCUT2D eigenvalue weighted by molar-refractivity contribution is 7.09. The second-order valence-corrected chi connectivity index (χ2v) is 11.5. The van der Waals surface area contributed by atoms with Gasteiger partial charge in [-0.15, -0.1) is 11.3 Å². The van der Waals surface area contributed by atoms with Gasteiger partial charge in [-0.2, -0.15) is 0 Å². The van der Waals surface area contributed by atoms with E-state index in [9.17, 15) is 9.59 Å². The molecule has 1 amide bonds. The summed E-state index contributed by atoms with van der Waals surface area (Å²) in [5.41, 5.74) is 2.61. The van der Waals surface area contributed by atoms with E-state index in [1.807, 2.05) is 50.1 Å². The van der Waals surface area contributed by atoms with E-state index in [-0.39, 0.29) is 17.8 Å². The third-order valence-electron chi connectivity index (χ3n) is 6.82. The molecule has 0 aromatic carbocycles. The lowest BCUT2D eigenvalue weighted by molar-refractivity contribution is 0.0505. The van der Waals surface area contributed by atoms with Crippen LogP contribution in [0.15, 0.2) is 29.8 Å². The Kier molecular flexibility index (Phi) is 8.01. The van der Waals surface area contributed by atoms with Crippen molar-refractivity contribution in [2.24, 2.45) is 0 Å². The second-order valence-electron chi connectivity index (χ2n) is 10.5. The molecule has 0 aliphatic carbocycles. The quantitative estimate of drug-likeness (QED) is 0.429. The van der Waals surface area contributed by atoms with Crippen molar-refractivity contribution >= 4 is 34.8 Å². The van der Waals surface area contributed by atoms with Crippen LogP contribution in [0.25, 0.3) is 0 Å². The zero-order valence-corrected chi connectivity index (χ0v) is 24.0. The van der Waals surface area contributed by atoms with Crippen molar-refractivity contribution in [3.63, 3.8) is 0 Å². The maximum atomic E-state index is 13.7. The van der Waals surface area contributed by atoms with Crippen LogP contribution in [0.5, 0.6) is 0 Å². The first-order valence-electron chi connectivity index (χ1n) is 12.8. The number of thiophene rings is 1. The Bertz CT molecular complexity index is 1300. The molecule has 202 valence electrons. The van der Waals surface area contributed by atoms with E-state index >= 15 is 0 Å². The minimum Gasteiger partial charge on any atom is -0.465 e. The highest BCUT2D eigenvalue weighted by atomic mass is 32.1. The van der Waals surface area contributed by atoms with E-state index in [4.69, 9.17) is 9.72 Å². The zero-order chi connectivity index (χ0) is 27.6. The number of ether oxygens (including phenoxy) is 1. The number of nitrogens with one attached hydrogen (secondary N) is 1. The van der Waals surface area contributed by atoms with Crippen LogP contribution < -0.4 is 10.2 Å². The fraction of sp³-hybridized carbons (Fsp3) is 0.464. The maximum Gasteiger partial charge on any atom is 0.339 e. The second kappa shape index (κ2) is 11.1. The fourth-order valence-corrected chi connectivity index (χ4v) is 5.52. The molecule has 1 saturated heterocycles. The van der Waals surface area contributed by atoms with E-state index < -0.39 is 5.54 Å². The zero-order valence-electron chi connectivity index (χ0n) is 23.2. The molecule has 0 unspecified atom stereocenters. The van der Waals surface area contributed by atoms with Crippen molar-refractivity contribution < 1.29 is 14.3 Å². The van der Waals surface area contributed by atoms with Crippen molar-refractivity contribution in [2.45, 2.75) is 59.5 Å². The minimum absolute atomic E-state index is 0.108. The number of hydrogen-bond acceptors (Lipinski definition) is 9. The molecule has 0 radical (unpaired) electrons. The maximum absolute atomic E-state index is 13.7. The number of hydrogen-bond donors (Lipinski definition) is 1. The number of carbonyl (C=O) groups is 2. The van der Waals surface area contributed by atoms with Gasteiger partial charge in [-0.25, -0.2) is 19.7 Å². The Morgan fingerprint density at radius 1 is 1.21 bits per heavy atom. The SMILES string of the molecule is COC(=O)c1c(C)cc(N2CCN(C(=O)c3cnc(NCc4cccs4)c(C(C)C)n3)C(C)(C)C2)nc1C. The van der Waals surface area contributed by atoms with Gasteiger partial charge in [0.15, 0.2) is 0 Å². The number of esters is 1. The molecule has 0 bridgehead atoms. The normalized spacial score (nSPS) is 15.1. The van der Waals surface area contributed by atoms with Crippen molar-refractivity contribution in [3.05, 3.63) is 62.9 Å². The molecular formula is C28H36N6O3S. The van der Waals surface area contributed by atoms with Gasteiger partial charge in [-0.05, 0) is 56.7 Å². The summed E-state index contributed by atoms with van der Waals surface area (Å²) in [5, 5.41) is 5.42. The molecule has 1 fully saturated rings. The predicted octanol–water partition coefficient (Wildman–Crippen LogP) is 4.81. The van der Waals surface area contributed by atoms with Gasteiger partial charge in [-0.1, -0.05) is 19.9 Å². The Morgan fingerprint density at radius 3 is 2.58 bits per heavy atom. The topological polar surface area (TPSA) is 101 Å². The van der Waals surface area contributed by atoms with Crippen LogP contribution in [0, 0.1) is 13.8 Å². The number of rotatable bonds is 7. The monoisotopic (exact) mass is 536 g/mol. The molecule has 0 spiro atoms. The lowest BCUT2D eigenvalue weighted by Gasteiger charge is -2.47. The van der Waals surface area contributed by atoms with E-state index in [1.54, 1.807) is 17.5 Å². The Hall–Kier alpha value is -3.53. The van der Waals surface area contributed by atoms with Crippen LogP contribution in [0.2, 0.25) is 0 Å². The van der Waals surface area contributed by atoms with Crippen molar-refractivity contribution in [1.82, 2.24) is 19.9 Å². The van der Waals surface area contributed by atoms with Gasteiger partial charge >= 0.3 is 5.97 Å². The van der Waals surface area contributed by atoms with Crippen molar-refractivity contribution in [3.8, 4) is 0 Å². The van der Waals surface area contributed by atoms with E-state index in [0.717, 1.165) is 17.1 Å². The molecule has 3 aromatic heterocycles. The number of pyridine rings is 1. The number of piperazine rings is 1. The van der Waals surface area contributed by atoms with E-state index in [0.29, 0.717) is 48.9 Å².